The molecule has 4 heteroatoms. The van der Waals surface area contributed by atoms with Crippen molar-refractivity contribution in [1.82, 2.24) is 0 Å². The summed E-state index contributed by atoms with van der Waals surface area (Å²) in [5.41, 5.74) is 2.83. The molecule has 1 heterocycles. The zero-order chi connectivity index (χ0) is 14.1. The number of ether oxygens (including phenoxy) is 2. The second kappa shape index (κ2) is 4.89. The Morgan fingerprint density at radius 2 is 2.05 bits per heavy atom. The van der Waals surface area contributed by atoms with Crippen molar-refractivity contribution in [1.29, 1.82) is 0 Å². The number of hydrogen-bond acceptors (Lipinski definition) is 3. The molecule has 0 aromatic heterocycles. The monoisotopic (exact) mass is 270 g/mol. The summed E-state index contributed by atoms with van der Waals surface area (Å²) in [6.45, 7) is 0. The number of fused-ring (bicyclic) bond motifs is 3. The number of para-hydroxylation sites is 1. The molecule has 1 unspecified atom stereocenters. The Hall–Kier alpha value is -2.49. The van der Waals surface area contributed by atoms with Crippen LogP contribution in [0.25, 0.3) is 11.1 Å². The van der Waals surface area contributed by atoms with Crippen LogP contribution in [-0.2, 0) is 4.79 Å². The second-order valence-corrected chi connectivity index (χ2v) is 4.65. The Labute approximate surface area is 116 Å². The van der Waals surface area contributed by atoms with E-state index in [1.165, 1.54) is 0 Å². The molecule has 0 saturated heterocycles. The van der Waals surface area contributed by atoms with Crippen LogP contribution in [0.15, 0.2) is 42.5 Å². The van der Waals surface area contributed by atoms with E-state index in [4.69, 9.17) is 14.6 Å². The lowest BCUT2D eigenvalue weighted by atomic mass is 9.91. The van der Waals surface area contributed by atoms with Gasteiger partial charge in [-0.2, -0.15) is 0 Å². The van der Waals surface area contributed by atoms with Crippen LogP contribution in [0.2, 0.25) is 0 Å². The highest BCUT2D eigenvalue weighted by Crippen LogP contribution is 2.44. The van der Waals surface area contributed by atoms with Crippen molar-refractivity contribution in [2.24, 2.45) is 0 Å². The molecule has 1 aliphatic rings. The lowest BCUT2D eigenvalue weighted by Gasteiger charge is -2.28. The standard InChI is InChI=1S/C16H14O4/c1-19-10-6-7-11-12-4-2-3-5-14(12)20-15(9-16(17)18)13(11)8-10/h2-8,15H,9H2,1H3,(H,17,18). The van der Waals surface area contributed by atoms with Crippen molar-refractivity contribution in [2.75, 3.05) is 7.11 Å². The molecule has 0 spiro atoms. The van der Waals surface area contributed by atoms with Gasteiger partial charge in [-0.15, -0.1) is 0 Å². The molecule has 4 nitrogen and oxygen atoms in total. The van der Waals surface area contributed by atoms with Gasteiger partial charge in [0.15, 0.2) is 0 Å². The van der Waals surface area contributed by atoms with Crippen molar-refractivity contribution in [3.05, 3.63) is 48.0 Å². The number of carboxylic acids is 1. The lowest BCUT2D eigenvalue weighted by molar-refractivity contribution is -0.138. The Morgan fingerprint density at radius 1 is 1.25 bits per heavy atom. The van der Waals surface area contributed by atoms with Crippen molar-refractivity contribution in [2.45, 2.75) is 12.5 Å². The molecule has 2 aromatic rings. The Kier molecular flexibility index (Phi) is 3.06. The van der Waals surface area contributed by atoms with Gasteiger partial charge in [0.1, 0.15) is 17.6 Å². The summed E-state index contributed by atoms with van der Waals surface area (Å²) in [6.07, 6.45) is -0.568. The first kappa shape index (κ1) is 12.5. The molecule has 1 atom stereocenters. The van der Waals surface area contributed by atoms with E-state index in [0.717, 1.165) is 22.4 Å². The van der Waals surface area contributed by atoms with Crippen LogP contribution in [0.4, 0.5) is 0 Å². The Balaban J connectivity index is 2.15. The minimum atomic E-state index is -0.886. The summed E-state index contributed by atoms with van der Waals surface area (Å²) in [7, 11) is 1.59. The van der Waals surface area contributed by atoms with Crippen LogP contribution in [0.3, 0.4) is 0 Å². The largest absolute Gasteiger partial charge is 0.497 e. The third-order valence-electron chi connectivity index (χ3n) is 3.41. The van der Waals surface area contributed by atoms with Gasteiger partial charge < -0.3 is 14.6 Å². The van der Waals surface area contributed by atoms with Crippen molar-refractivity contribution in [3.8, 4) is 22.6 Å². The van der Waals surface area contributed by atoms with Gasteiger partial charge in [-0.05, 0) is 23.8 Å². The van der Waals surface area contributed by atoms with Gasteiger partial charge in [0.05, 0.1) is 13.5 Å². The maximum Gasteiger partial charge on any atom is 0.307 e. The Morgan fingerprint density at radius 3 is 2.80 bits per heavy atom. The summed E-state index contributed by atoms with van der Waals surface area (Å²) in [5, 5.41) is 9.05. The van der Waals surface area contributed by atoms with E-state index >= 15 is 0 Å². The third kappa shape index (κ3) is 2.09. The van der Waals surface area contributed by atoms with Crippen LogP contribution in [-0.4, -0.2) is 18.2 Å². The first-order valence-electron chi connectivity index (χ1n) is 6.35. The number of benzene rings is 2. The Bertz CT molecular complexity index is 663. The molecule has 20 heavy (non-hydrogen) atoms. The quantitative estimate of drug-likeness (QED) is 0.930. The fourth-order valence-corrected chi connectivity index (χ4v) is 2.50. The fraction of sp³-hybridized carbons (Fsp3) is 0.188. The average Bonchev–Trinajstić information content (AvgIpc) is 2.46. The van der Waals surface area contributed by atoms with Crippen molar-refractivity contribution < 1.29 is 19.4 Å². The molecule has 102 valence electrons. The van der Waals surface area contributed by atoms with E-state index in [1.54, 1.807) is 7.11 Å². The van der Waals surface area contributed by atoms with Crippen molar-refractivity contribution >= 4 is 5.97 Å². The molecular weight excluding hydrogens is 256 g/mol. The minimum Gasteiger partial charge on any atom is -0.497 e. The number of rotatable bonds is 3. The molecule has 0 bridgehead atoms. The molecule has 0 radical (unpaired) electrons. The zero-order valence-corrected chi connectivity index (χ0v) is 11.0. The summed E-state index contributed by atoms with van der Waals surface area (Å²) >= 11 is 0. The van der Waals surface area contributed by atoms with Crippen LogP contribution in [0, 0.1) is 0 Å². The topological polar surface area (TPSA) is 55.8 Å². The lowest BCUT2D eigenvalue weighted by Crippen LogP contribution is -2.17. The first-order valence-corrected chi connectivity index (χ1v) is 6.35. The highest BCUT2D eigenvalue weighted by Gasteiger charge is 2.28. The van der Waals surface area contributed by atoms with E-state index in [9.17, 15) is 4.79 Å². The molecule has 0 fully saturated rings. The number of hydrogen-bond donors (Lipinski definition) is 1. The van der Waals surface area contributed by atoms with Gasteiger partial charge in [-0.1, -0.05) is 24.3 Å². The first-order chi connectivity index (χ1) is 9.69. The molecule has 1 N–H and O–H groups in total. The number of methoxy groups -OCH3 is 1. The van der Waals surface area contributed by atoms with Gasteiger partial charge in [-0.25, -0.2) is 0 Å². The van der Waals surface area contributed by atoms with Gasteiger partial charge in [0, 0.05) is 11.1 Å². The summed E-state index contributed by atoms with van der Waals surface area (Å²) in [5.74, 6) is 0.529. The maximum atomic E-state index is 11.0. The molecule has 0 saturated carbocycles. The smallest absolute Gasteiger partial charge is 0.307 e. The molecule has 2 aromatic carbocycles. The molecule has 0 amide bonds. The summed E-state index contributed by atoms with van der Waals surface area (Å²) < 4.78 is 11.1. The second-order valence-electron chi connectivity index (χ2n) is 4.65. The summed E-state index contributed by atoms with van der Waals surface area (Å²) in [6, 6.07) is 13.3. The van der Waals surface area contributed by atoms with E-state index in [1.807, 2.05) is 42.5 Å². The summed E-state index contributed by atoms with van der Waals surface area (Å²) in [4.78, 5) is 11.0. The van der Waals surface area contributed by atoms with Crippen molar-refractivity contribution in [3.63, 3.8) is 0 Å². The van der Waals surface area contributed by atoms with Crippen LogP contribution in [0.5, 0.6) is 11.5 Å². The van der Waals surface area contributed by atoms with Crippen LogP contribution in [0.1, 0.15) is 18.1 Å². The SMILES string of the molecule is COc1ccc2c(c1)C(CC(=O)O)Oc1ccccc1-2. The fourth-order valence-electron chi connectivity index (χ4n) is 2.50. The van der Waals surface area contributed by atoms with E-state index in [2.05, 4.69) is 0 Å². The number of carbonyl (C=O) groups is 1. The molecular formula is C16H14O4. The van der Waals surface area contributed by atoms with Gasteiger partial charge in [0.25, 0.3) is 0 Å². The van der Waals surface area contributed by atoms with Gasteiger partial charge >= 0.3 is 5.97 Å². The number of carboxylic acid groups (broad SMARTS) is 1. The maximum absolute atomic E-state index is 11.0. The van der Waals surface area contributed by atoms with E-state index < -0.39 is 12.1 Å². The molecule has 1 aliphatic heterocycles. The minimum absolute atomic E-state index is 0.0749. The highest BCUT2D eigenvalue weighted by molar-refractivity contribution is 5.78. The zero-order valence-electron chi connectivity index (χ0n) is 11.0. The molecule has 0 aliphatic carbocycles. The average molecular weight is 270 g/mol. The van der Waals surface area contributed by atoms with Crippen LogP contribution < -0.4 is 9.47 Å². The van der Waals surface area contributed by atoms with E-state index in [0.29, 0.717) is 5.75 Å². The predicted molar refractivity (Wildman–Crippen MR) is 74.1 cm³/mol. The highest BCUT2D eigenvalue weighted by atomic mass is 16.5. The predicted octanol–water partition coefficient (Wildman–Crippen LogP) is 3.27. The normalized spacial score (nSPS) is 15.8. The number of aliphatic carboxylic acids is 1. The van der Waals surface area contributed by atoms with Gasteiger partial charge in [-0.3, -0.25) is 4.79 Å². The van der Waals surface area contributed by atoms with E-state index in [-0.39, 0.29) is 6.42 Å². The molecule has 3 rings (SSSR count). The van der Waals surface area contributed by atoms with Crippen LogP contribution >= 0.6 is 0 Å². The third-order valence-corrected chi connectivity index (χ3v) is 3.41. The van der Waals surface area contributed by atoms with Gasteiger partial charge in [0.2, 0.25) is 0 Å².